The van der Waals surface area contributed by atoms with Gasteiger partial charge in [-0.2, -0.15) is 8.78 Å². The van der Waals surface area contributed by atoms with Crippen LogP contribution in [0.25, 0.3) is 0 Å². The third-order valence-corrected chi connectivity index (χ3v) is 2.18. The summed E-state index contributed by atoms with van der Waals surface area (Å²) in [6.45, 7) is -2.95. The zero-order valence-electron chi connectivity index (χ0n) is 6.03. The number of hydrogen-bond donors (Lipinski definition) is 0. The molecule has 0 spiro atoms. The second-order valence-electron chi connectivity index (χ2n) is 2.08. The second kappa shape index (κ2) is 4.31. The number of ether oxygens (including phenoxy) is 1. The van der Waals surface area contributed by atoms with Crippen molar-refractivity contribution >= 4 is 34.8 Å². The SMILES string of the molecule is FC(F)Oc1cc(Cl)cc(Cl)c1Cl. The molecule has 72 valence electrons. The minimum Gasteiger partial charge on any atom is -0.433 e. The van der Waals surface area contributed by atoms with Crippen LogP contribution in [-0.4, -0.2) is 6.61 Å². The zero-order chi connectivity index (χ0) is 10.0. The fraction of sp³-hybridized carbons (Fsp3) is 0.143. The molecule has 0 N–H and O–H groups in total. The highest BCUT2D eigenvalue weighted by Gasteiger charge is 2.12. The Morgan fingerprint density at radius 1 is 1.15 bits per heavy atom. The van der Waals surface area contributed by atoms with Gasteiger partial charge in [-0.05, 0) is 6.07 Å². The maximum atomic E-state index is 11.8. The Morgan fingerprint density at radius 3 is 2.31 bits per heavy atom. The molecule has 1 aromatic carbocycles. The minimum absolute atomic E-state index is 0.0739. The first-order valence-electron chi connectivity index (χ1n) is 3.10. The van der Waals surface area contributed by atoms with Gasteiger partial charge in [0, 0.05) is 11.1 Å². The number of hydrogen-bond acceptors (Lipinski definition) is 1. The van der Waals surface area contributed by atoms with E-state index in [0.29, 0.717) is 0 Å². The molecule has 1 aromatic rings. The molecule has 0 aliphatic rings. The summed E-state index contributed by atoms with van der Waals surface area (Å²) in [7, 11) is 0. The largest absolute Gasteiger partial charge is 0.433 e. The van der Waals surface area contributed by atoms with Crippen molar-refractivity contribution in [3.8, 4) is 5.75 Å². The van der Waals surface area contributed by atoms with Gasteiger partial charge in [0.25, 0.3) is 0 Å². The van der Waals surface area contributed by atoms with E-state index >= 15 is 0 Å². The van der Waals surface area contributed by atoms with E-state index in [4.69, 9.17) is 34.8 Å². The molecule has 1 rings (SSSR count). The van der Waals surface area contributed by atoms with E-state index in [0.717, 1.165) is 0 Å². The maximum Gasteiger partial charge on any atom is 0.387 e. The first-order valence-corrected chi connectivity index (χ1v) is 4.23. The van der Waals surface area contributed by atoms with Crippen LogP contribution in [0.5, 0.6) is 5.75 Å². The van der Waals surface area contributed by atoms with Crippen molar-refractivity contribution in [3.05, 3.63) is 27.2 Å². The number of rotatable bonds is 2. The molecular formula is C7H3Cl3F2O. The third-order valence-electron chi connectivity index (χ3n) is 1.18. The van der Waals surface area contributed by atoms with Gasteiger partial charge >= 0.3 is 6.61 Å². The first kappa shape index (κ1) is 10.8. The smallest absolute Gasteiger partial charge is 0.387 e. The quantitative estimate of drug-likeness (QED) is 0.710. The van der Waals surface area contributed by atoms with Crippen LogP contribution in [0.15, 0.2) is 12.1 Å². The van der Waals surface area contributed by atoms with E-state index in [1.807, 2.05) is 0 Å². The van der Waals surface area contributed by atoms with Crippen molar-refractivity contribution < 1.29 is 13.5 Å². The molecule has 0 aromatic heterocycles. The highest BCUT2D eigenvalue weighted by atomic mass is 35.5. The van der Waals surface area contributed by atoms with Crippen molar-refractivity contribution in [3.63, 3.8) is 0 Å². The van der Waals surface area contributed by atoms with Crippen LogP contribution in [0.2, 0.25) is 15.1 Å². The van der Waals surface area contributed by atoms with Crippen LogP contribution in [0, 0.1) is 0 Å². The third kappa shape index (κ3) is 2.86. The van der Waals surface area contributed by atoms with Crippen LogP contribution < -0.4 is 4.74 Å². The minimum atomic E-state index is -2.95. The molecule has 0 aliphatic carbocycles. The summed E-state index contributed by atoms with van der Waals surface area (Å²) in [4.78, 5) is 0. The van der Waals surface area contributed by atoms with Gasteiger partial charge in [0.05, 0.1) is 5.02 Å². The van der Waals surface area contributed by atoms with Gasteiger partial charge in [0.15, 0.2) is 0 Å². The molecule has 0 aliphatic heterocycles. The lowest BCUT2D eigenvalue weighted by Gasteiger charge is -2.07. The maximum absolute atomic E-state index is 11.8. The van der Waals surface area contributed by atoms with Crippen molar-refractivity contribution in [2.24, 2.45) is 0 Å². The van der Waals surface area contributed by atoms with Gasteiger partial charge < -0.3 is 4.74 Å². The Bertz CT molecular complexity index is 317. The summed E-state index contributed by atoms with van der Waals surface area (Å²) >= 11 is 16.7. The second-order valence-corrected chi connectivity index (χ2v) is 3.30. The Morgan fingerprint density at radius 2 is 1.77 bits per heavy atom. The predicted octanol–water partition coefficient (Wildman–Crippen LogP) is 4.25. The van der Waals surface area contributed by atoms with Crippen molar-refractivity contribution in [1.82, 2.24) is 0 Å². The Balaban J connectivity index is 3.05. The molecule has 1 nitrogen and oxygen atoms in total. The molecule has 0 unspecified atom stereocenters. The van der Waals surface area contributed by atoms with Gasteiger partial charge in [-0.15, -0.1) is 0 Å². The lowest BCUT2D eigenvalue weighted by Crippen LogP contribution is -2.02. The summed E-state index contributed by atoms with van der Waals surface area (Å²) < 4.78 is 27.7. The molecule has 0 saturated carbocycles. The van der Waals surface area contributed by atoms with E-state index < -0.39 is 6.61 Å². The fourth-order valence-corrected chi connectivity index (χ4v) is 1.34. The molecule has 6 heteroatoms. The van der Waals surface area contributed by atoms with Crippen molar-refractivity contribution in [1.29, 1.82) is 0 Å². The van der Waals surface area contributed by atoms with Gasteiger partial charge in [-0.25, -0.2) is 0 Å². The molecule has 0 heterocycles. The average Bonchev–Trinajstić information content (AvgIpc) is 1.98. The monoisotopic (exact) mass is 246 g/mol. The molecular weight excluding hydrogens is 244 g/mol. The number of benzene rings is 1. The van der Waals surface area contributed by atoms with Gasteiger partial charge in [0.2, 0.25) is 0 Å². The van der Waals surface area contributed by atoms with Crippen molar-refractivity contribution in [2.75, 3.05) is 0 Å². The van der Waals surface area contributed by atoms with Crippen molar-refractivity contribution in [2.45, 2.75) is 6.61 Å². The van der Waals surface area contributed by atoms with Crippen LogP contribution in [0.1, 0.15) is 0 Å². The average molecular weight is 247 g/mol. The fourth-order valence-electron chi connectivity index (χ4n) is 0.714. The van der Waals surface area contributed by atoms with Crippen LogP contribution in [-0.2, 0) is 0 Å². The number of halogens is 5. The standard InChI is InChI=1S/C7H3Cl3F2O/c8-3-1-4(9)6(10)5(2-3)13-7(11)12/h1-2,7H. The molecule has 0 saturated heterocycles. The van der Waals surface area contributed by atoms with Crippen LogP contribution >= 0.6 is 34.8 Å². The first-order chi connectivity index (χ1) is 6.00. The topological polar surface area (TPSA) is 9.23 Å². The van der Waals surface area contributed by atoms with Gasteiger partial charge in [-0.3, -0.25) is 0 Å². The molecule has 0 atom stereocenters. The van der Waals surface area contributed by atoms with E-state index in [9.17, 15) is 8.78 Å². The summed E-state index contributed by atoms with van der Waals surface area (Å²) in [5.74, 6) is -0.228. The summed E-state index contributed by atoms with van der Waals surface area (Å²) in [5.41, 5.74) is 0. The van der Waals surface area contributed by atoms with Gasteiger partial charge in [-0.1, -0.05) is 34.8 Å². The Labute approximate surface area is 88.2 Å². The highest BCUT2D eigenvalue weighted by molar-refractivity contribution is 6.44. The van der Waals surface area contributed by atoms with Crippen LogP contribution in [0.4, 0.5) is 8.78 Å². The van der Waals surface area contributed by atoms with E-state index in [2.05, 4.69) is 4.74 Å². The summed E-state index contributed by atoms with van der Waals surface area (Å²) in [6.07, 6.45) is 0. The zero-order valence-corrected chi connectivity index (χ0v) is 8.30. The van der Waals surface area contributed by atoms with E-state index in [-0.39, 0.29) is 20.8 Å². The molecule has 0 bridgehead atoms. The number of alkyl halides is 2. The lowest BCUT2D eigenvalue weighted by atomic mass is 10.3. The molecule has 13 heavy (non-hydrogen) atoms. The summed E-state index contributed by atoms with van der Waals surface area (Å²) in [5, 5.41) is 0.182. The molecule has 0 amide bonds. The Hall–Kier alpha value is -0.250. The molecule has 0 fully saturated rings. The van der Waals surface area contributed by atoms with E-state index in [1.54, 1.807) is 0 Å². The normalized spacial score (nSPS) is 10.6. The van der Waals surface area contributed by atoms with Gasteiger partial charge in [0.1, 0.15) is 10.8 Å². The summed E-state index contributed by atoms with van der Waals surface area (Å²) in [6, 6.07) is 2.51. The Kier molecular flexibility index (Phi) is 3.59. The van der Waals surface area contributed by atoms with E-state index in [1.165, 1.54) is 12.1 Å². The highest BCUT2D eigenvalue weighted by Crippen LogP contribution is 2.35. The lowest BCUT2D eigenvalue weighted by molar-refractivity contribution is -0.0497. The predicted molar refractivity (Wildman–Crippen MR) is 48.1 cm³/mol. The molecule has 0 radical (unpaired) electrons. The van der Waals surface area contributed by atoms with Crippen LogP contribution in [0.3, 0.4) is 0 Å².